The summed E-state index contributed by atoms with van der Waals surface area (Å²) in [5.74, 6) is 2.00. The van der Waals surface area contributed by atoms with Crippen molar-refractivity contribution in [2.24, 2.45) is 0 Å². The molecule has 10 rings (SSSR count). The molecular weight excluding hydrogens is 607 g/mol. The summed E-state index contributed by atoms with van der Waals surface area (Å²) in [5, 5.41) is 2.27. The van der Waals surface area contributed by atoms with Gasteiger partial charge in [-0.25, -0.2) is 15.0 Å². The van der Waals surface area contributed by atoms with E-state index in [1.165, 1.54) is 44.5 Å². The summed E-state index contributed by atoms with van der Waals surface area (Å²) in [6.07, 6.45) is 0. The molecule has 236 valence electrons. The quantitative estimate of drug-likeness (QED) is 0.193. The van der Waals surface area contributed by atoms with E-state index in [1.54, 1.807) is 0 Å². The molecule has 0 fully saturated rings. The van der Waals surface area contributed by atoms with E-state index in [9.17, 15) is 0 Å². The fourth-order valence-corrected chi connectivity index (χ4v) is 8.85. The fraction of sp³-hybridized carbons (Fsp3) is 0.0851. The maximum Gasteiger partial charge on any atom is 0.164 e. The first kappa shape index (κ1) is 28.8. The Kier molecular flexibility index (Phi) is 6.13. The molecule has 0 radical (unpaired) electrons. The van der Waals surface area contributed by atoms with Crippen LogP contribution in [0.2, 0.25) is 0 Å². The van der Waals surface area contributed by atoms with Crippen molar-refractivity contribution in [1.82, 2.24) is 15.0 Å². The highest BCUT2D eigenvalue weighted by Gasteiger charge is 2.53. The molecule has 7 aromatic carbocycles. The van der Waals surface area contributed by atoms with Crippen LogP contribution in [0.25, 0.3) is 56.1 Å². The average molecular weight is 640 g/mol. The molecule has 2 aliphatic rings. The van der Waals surface area contributed by atoms with E-state index in [4.69, 9.17) is 15.0 Å². The van der Waals surface area contributed by atoms with E-state index in [0.717, 1.165) is 27.5 Å². The normalized spacial score (nSPS) is 14.5. The van der Waals surface area contributed by atoms with Crippen LogP contribution in [0.5, 0.6) is 0 Å². The largest absolute Gasteiger partial charge is 0.208 e. The van der Waals surface area contributed by atoms with Gasteiger partial charge in [0, 0.05) is 22.1 Å². The lowest BCUT2D eigenvalue weighted by Gasteiger charge is -2.46. The second-order valence-electron chi connectivity index (χ2n) is 13.9. The standard InChI is InChI=1S/C47H33N3/c1-46(2)37-25-10-12-27-39(37)47(40-28-13-11-26-38(40)46)36-24-9-8-21-34(36)42-35(23-15-29-41(42)47)45-49-43(31-17-4-3-5-18-31)48-44(50-45)33-22-14-19-30-16-6-7-20-32(30)33/h3-29H,1-2H3. The molecular formula is C47H33N3. The van der Waals surface area contributed by atoms with Gasteiger partial charge >= 0.3 is 0 Å². The molecule has 1 spiro atoms. The molecule has 0 saturated carbocycles. The Morgan fingerprint density at radius 3 is 1.58 bits per heavy atom. The molecule has 1 aromatic heterocycles. The van der Waals surface area contributed by atoms with Gasteiger partial charge in [0.05, 0.1) is 5.41 Å². The fourth-order valence-electron chi connectivity index (χ4n) is 8.85. The predicted octanol–water partition coefficient (Wildman–Crippen LogP) is 11.0. The van der Waals surface area contributed by atoms with Gasteiger partial charge in [-0.1, -0.05) is 178 Å². The summed E-state index contributed by atoms with van der Waals surface area (Å²) in [4.78, 5) is 15.7. The molecule has 2 aliphatic carbocycles. The molecule has 8 aromatic rings. The third-order valence-corrected chi connectivity index (χ3v) is 11.0. The van der Waals surface area contributed by atoms with Crippen LogP contribution in [0, 0.1) is 0 Å². The Morgan fingerprint density at radius 2 is 0.840 bits per heavy atom. The highest BCUT2D eigenvalue weighted by Crippen LogP contribution is 2.63. The van der Waals surface area contributed by atoms with Gasteiger partial charge in [-0.05, 0) is 55.3 Å². The number of hydrogen-bond acceptors (Lipinski definition) is 3. The smallest absolute Gasteiger partial charge is 0.164 e. The summed E-state index contributed by atoms with van der Waals surface area (Å²) >= 11 is 0. The topological polar surface area (TPSA) is 38.7 Å². The third-order valence-electron chi connectivity index (χ3n) is 11.0. The van der Waals surface area contributed by atoms with Gasteiger partial charge in [0.15, 0.2) is 17.5 Å². The molecule has 0 bridgehead atoms. The third kappa shape index (κ3) is 3.89. The second-order valence-corrected chi connectivity index (χ2v) is 13.9. The first-order valence-electron chi connectivity index (χ1n) is 17.3. The molecule has 50 heavy (non-hydrogen) atoms. The van der Waals surface area contributed by atoms with Crippen molar-refractivity contribution < 1.29 is 0 Å². The van der Waals surface area contributed by atoms with Crippen molar-refractivity contribution in [2.45, 2.75) is 24.7 Å². The van der Waals surface area contributed by atoms with Crippen LogP contribution in [-0.2, 0) is 10.8 Å². The van der Waals surface area contributed by atoms with Crippen LogP contribution in [-0.4, -0.2) is 15.0 Å². The van der Waals surface area contributed by atoms with Gasteiger partial charge in [-0.3, -0.25) is 0 Å². The number of aromatic nitrogens is 3. The van der Waals surface area contributed by atoms with Gasteiger partial charge in [0.2, 0.25) is 0 Å². The minimum absolute atomic E-state index is 0.153. The molecule has 1 heterocycles. The van der Waals surface area contributed by atoms with Gasteiger partial charge in [-0.2, -0.15) is 0 Å². The van der Waals surface area contributed by atoms with Crippen LogP contribution in [0.4, 0.5) is 0 Å². The van der Waals surface area contributed by atoms with Crippen molar-refractivity contribution in [2.75, 3.05) is 0 Å². The van der Waals surface area contributed by atoms with Crippen molar-refractivity contribution in [3.63, 3.8) is 0 Å². The van der Waals surface area contributed by atoms with E-state index in [0.29, 0.717) is 17.5 Å². The van der Waals surface area contributed by atoms with Crippen LogP contribution in [0.3, 0.4) is 0 Å². The predicted molar refractivity (Wildman–Crippen MR) is 203 cm³/mol. The zero-order valence-corrected chi connectivity index (χ0v) is 27.9. The number of nitrogens with zero attached hydrogens (tertiary/aromatic N) is 3. The lowest BCUT2D eigenvalue weighted by Crippen LogP contribution is -2.40. The number of hydrogen-bond donors (Lipinski definition) is 0. The van der Waals surface area contributed by atoms with Crippen molar-refractivity contribution in [3.05, 3.63) is 197 Å². The maximum absolute atomic E-state index is 5.32. The van der Waals surface area contributed by atoms with Gasteiger partial charge < -0.3 is 0 Å². The van der Waals surface area contributed by atoms with Crippen LogP contribution in [0.15, 0.2) is 164 Å². The molecule has 0 atom stereocenters. The summed E-state index contributed by atoms with van der Waals surface area (Å²) < 4.78 is 0. The summed E-state index contributed by atoms with van der Waals surface area (Å²) in [5.41, 5.74) is 12.7. The molecule has 3 nitrogen and oxygen atoms in total. The summed E-state index contributed by atoms with van der Waals surface area (Å²) in [6.45, 7) is 4.72. The lowest BCUT2D eigenvalue weighted by molar-refractivity contribution is 0.563. The monoisotopic (exact) mass is 639 g/mol. The van der Waals surface area contributed by atoms with E-state index < -0.39 is 5.41 Å². The number of rotatable bonds is 3. The van der Waals surface area contributed by atoms with E-state index in [-0.39, 0.29) is 5.41 Å². The molecule has 0 aliphatic heterocycles. The molecule has 0 N–H and O–H groups in total. The van der Waals surface area contributed by atoms with Gasteiger partial charge in [0.1, 0.15) is 0 Å². The van der Waals surface area contributed by atoms with Crippen LogP contribution < -0.4 is 0 Å². The lowest BCUT2D eigenvalue weighted by atomic mass is 9.55. The van der Waals surface area contributed by atoms with Crippen molar-refractivity contribution >= 4 is 10.8 Å². The minimum Gasteiger partial charge on any atom is -0.208 e. The van der Waals surface area contributed by atoms with Gasteiger partial charge in [-0.15, -0.1) is 0 Å². The average Bonchev–Trinajstić information content (AvgIpc) is 3.48. The highest BCUT2D eigenvalue weighted by atomic mass is 15.0. The maximum atomic E-state index is 5.32. The van der Waals surface area contributed by atoms with Crippen molar-refractivity contribution in [3.8, 4) is 45.3 Å². The second kappa shape index (κ2) is 10.7. The SMILES string of the molecule is CC1(C)c2ccccc2C2(c3ccccc3-c3c(-c4nc(-c5ccccc5)nc(-c5cccc6ccccc56)n4)cccc32)c2ccccc21. The summed E-state index contributed by atoms with van der Waals surface area (Å²) in [6, 6.07) is 58.8. The molecule has 0 amide bonds. The summed E-state index contributed by atoms with van der Waals surface area (Å²) in [7, 11) is 0. The molecule has 0 unspecified atom stereocenters. The van der Waals surface area contributed by atoms with Gasteiger partial charge in [0.25, 0.3) is 0 Å². The Hall–Kier alpha value is -6.19. The molecule has 0 saturated heterocycles. The van der Waals surface area contributed by atoms with E-state index in [1.807, 2.05) is 18.2 Å². The molecule has 3 heteroatoms. The highest BCUT2D eigenvalue weighted by molar-refractivity contribution is 5.97. The Morgan fingerprint density at radius 1 is 0.360 bits per heavy atom. The minimum atomic E-state index is -0.488. The Labute approximate surface area is 292 Å². The van der Waals surface area contributed by atoms with Crippen LogP contribution in [0.1, 0.15) is 47.2 Å². The first-order valence-corrected chi connectivity index (χ1v) is 17.3. The zero-order valence-electron chi connectivity index (χ0n) is 27.9. The Balaban J connectivity index is 1.30. The Bertz CT molecular complexity index is 2580. The van der Waals surface area contributed by atoms with E-state index >= 15 is 0 Å². The zero-order chi connectivity index (χ0) is 33.5. The first-order chi connectivity index (χ1) is 24.6. The number of fused-ring (bicyclic) bond motifs is 10. The number of benzene rings is 7. The van der Waals surface area contributed by atoms with E-state index in [2.05, 4.69) is 159 Å². The van der Waals surface area contributed by atoms with Crippen LogP contribution >= 0.6 is 0 Å². The van der Waals surface area contributed by atoms with Crippen molar-refractivity contribution in [1.29, 1.82) is 0 Å².